The molecule has 0 fully saturated rings. The second kappa shape index (κ2) is 35.2. The van der Waals surface area contributed by atoms with E-state index < -0.39 is 72.5 Å². The number of amides is 2. The van der Waals surface area contributed by atoms with Crippen molar-refractivity contribution in [3.8, 4) is 0 Å². The summed E-state index contributed by atoms with van der Waals surface area (Å²) in [6.45, 7) is 0.371. The monoisotopic (exact) mass is 1400 g/mol. The van der Waals surface area contributed by atoms with E-state index in [1.54, 1.807) is 12.2 Å². The van der Waals surface area contributed by atoms with E-state index in [0.717, 1.165) is 22.5 Å². The normalized spacial score (nSPS) is 14.7. The standard InChI is InChI=1S/C71H84N8O22/c1-92-62(82)17-11-36-42-23-60(80)72-34-58(42)78-52(36)31-54-44(25-68(88)98-7)38(13-19-64(84)94-3)48(74-54)29-50-40(15-21-66(86)96-5)46(27-70(90)100-9)56(76-50)33-57-47(28-71(91)101-10)41(16-22-67(87)97-6)51(77-57)30-49-39(14-20-65(85)95-4)45(26-69(89)99-8)55(75-49)32-53-37(12-18-63(83)93-2)43-24-61(81)73-35-59(43)79-53/h29-30,74-75,78-79H,11-28,31-35H2,1-10H3,(H,72,80)(H,73,81)/b50-29+,51-30+. The Labute approximate surface area is 581 Å². The highest BCUT2D eigenvalue weighted by atomic mass is 16.6. The third kappa shape index (κ3) is 18.9. The molecule has 4 aromatic heterocycles. The van der Waals surface area contributed by atoms with E-state index >= 15 is 0 Å². The molecule has 0 radical (unpaired) electrons. The van der Waals surface area contributed by atoms with Gasteiger partial charge in [0.2, 0.25) is 11.8 Å². The van der Waals surface area contributed by atoms with Crippen molar-refractivity contribution in [3.63, 3.8) is 0 Å². The minimum absolute atomic E-state index is 0.000877. The molecule has 0 aliphatic carbocycles. The van der Waals surface area contributed by atoms with E-state index in [0.29, 0.717) is 89.8 Å². The van der Waals surface area contributed by atoms with Gasteiger partial charge in [-0.15, -0.1) is 0 Å². The fourth-order valence-electron chi connectivity index (χ4n) is 13.1. The first-order chi connectivity index (χ1) is 48.5. The van der Waals surface area contributed by atoms with Crippen molar-refractivity contribution in [2.45, 2.75) is 148 Å². The molecule has 101 heavy (non-hydrogen) atoms. The first kappa shape index (κ1) is 75.8. The number of aromatic amines is 4. The van der Waals surface area contributed by atoms with Crippen molar-refractivity contribution in [1.82, 2.24) is 30.6 Å². The molecule has 2 amide bonds. The SMILES string of the molecule is COC(=O)CCC1=C(CC(=O)OC)C(CC2=N/C(=C/c3[nH]c(Cc4[nH]c5c(c4CCC(=O)OC)CC(=O)NC5)c(CC(=O)OC)c3CCC(=O)OC)C(CCC(=O)OC)=C2CC(=O)OC)=N/C1=C/c1[nH]c(Cc2[nH]c3c(c2CCC(=O)OC)CC(=O)NC3)c(CC(=O)OC)c1CCC(=O)OC. The van der Waals surface area contributed by atoms with Gasteiger partial charge in [-0.1, -0.05) is 0 Å². The molecule has 0 spiro atoms. The number of nitrogens with zero attached hydrogens (tertiary/aromatic N) is 2. The first-order valence-corrected chi connectivity index (χ1v) is 32.6. The summed E-state index contributed by atoms with van der Waals surface area (Å²) in [5, 5.41) is 5.70. The van der Waals surface area contributed by atoms with Crippen LogP contribution in [0.5, 0.6) is 0 Å². The lowest BCUT2D eigenvalue weighted by molar-refractivity contribution is -0.141. The van der Waals surface area contributed by atoms with E-state index in [-0.39, 0.29) is 170 Å². The van der Waals surface area contributed by atoms with Crippen LogP contribution in [0, 0.1) is 0 Å². The molecule has 0 aromatic carbocycles. The highest BCUT2D eigenvalue weighted by Crippen LogP contribution is 2.41. The average Bonchev–Trinajstić information content (AvgIpc) is 1.63. The van der Waals surface area contributed by atoms with E-state index in [2.05, 4.69) is 30.6 Å². The zero-order valence-electron chi connectivity index (χ0n) is 58.3. The first-order valence-electron chi connectivity index (χ1n) is 32.6. The second-order valence-corrected chi connectivity index (χ2v) is 24.0. The van der Waals surface area contributed by atoms with Gasteiger partial charge in [0.1, 0.15) is 0 Å². The van der Waals surface area contributed by atoms with Crippen LogP contribution in [0.15, 0.2) is 43.7 Å². The summed E-state index contributed by atoms with van der Waals surface area (Å²) in [6.07, 6.45) is 1.37. The maximum Gasteiger partial charge on any atom is 0.310 e. The Morgan fingerprint density at radius 1 is 0.337 bits per heavy atom. The molecule has 0 saturated heterocycles. The van der Waals surface area contributed by atoms with Gasteiger partial charge in [0.05, 0.1) is 146 Å². The summed E-state index contributed by atoms with van der Waals surface area (Å²) in [4.78, 5) is 183. The Morgan fingerprint density at radius 3 is 0.941 bits per heavy atom. The molecule has 0 unspecified atom stereocenters. The van der Waals surface area contributed by atoms with Gasteiger partial charge in [-0.25, -0.2) is 0 Å². The van der Waals surface area contributed by atoms with Crippen LogP contribution in [0.1, 0.15) is 161 Å². The van der Waals surface area contributed by atoms with Crippen LogP contribution in [0.3, 0.4) is 0 Å². The van der Waals surface area contributed by atoms with Crippen molar-refractivity contribution in [2.24, 2.45) is 9.98 Å². The number of carbonyl (C=O) groups excluding carboxylic acids is 12. The van der Waals surface area contributed by atoms with Crippen LogP contribution in [-0.2, 0) is 182 Å². The molecule has 6 N–H and O–H groups in total. The van der Waals surface area contributed by atoms with Gasteiger partial charge in [-0.2, -0.15) is 0 Å². The number of methoxy groups -OCH3 is 10. The zero-order chi connectivity index (χ0) is 73.2. The van der Waals surface area contributed by atoms with Crippen molar-refractivity contribution in [2.75, 3.05) is 71.1 Å². The highest BCUT2D eigenvalue weighted by molar-refractivity contribution is 6.23. The summed E-state index contributed by atoms with van der Waals surface area (Å²) in [5.74, 6) is -6.43. The van der Waals surface area contributed by atoms with Crippen LogP contribution in [0.2, 0.25) is 0 Å². The predicted octanol–water partition coefficient (Wildman–Crippen LogP) is 4.69. The van der Waals surface area contributed by atoms with E-state index in [4.69, 9.17) is 57.4 Å². The molecule has 4 aliphatic heterocycles. The Hall–Kier alpha value is -10.9. The van der Waals surface area contributed by atoms with E-state index in [9.17, 15) is 57.5 Å². The van der Waals surface area contributed by atoms with E-state index in [1.807, 2.05) is 0 Å². The minimum atomic E-state index is -0.706. The number of nitrogens with one attached hydrogen (secondary N) is 6. The number of ether oxygens (including phenoxy) is 10. The number of aliphatic imine (C=N–C) groups is 2. The Bertz CT molecular complexity index is 3900. The number of esters is 10. The Balaban J connectivity index is 1.36. The molecule has 30 heteroatoms. The zero-order valence-corrected chi connectivity index (χ0v) is 58.3. The Morgan fingerprint density at radius 2 is 0.624 bits per heavy atom. The highest BCUT2D eigenvalue weighted by Gasteiger charge is 2.35. The van der Waals surface area contributed by atoms with Gasteiger partial charge in [0, 0.05) is 103 Å². The predicted molar refractivity (Wildman–Crippen MR) is 358 cm³/mol. The number of hydrogen-bond acceptors (Lipinski definition) is 24. The molecule has 0 bridgehead atoms. The summed E-state index contributed by atoms with van der Waals surface area (Å²) in [6, 6.07) is 0. The molecule has 8 rings (SSSR count). The Kier molecular flexibility index (Phi) is 26.4. The fourth-order valence-corrected chi connectivity index (χ4v) is 13.1. The summed E-state index contributed by atoms with van der Waals surface area (Å²) >= 11 is 0. The average molecular weight is 1400 g/mol. The molecule has 4 aromatic rings. The summed E-state index contributed by atoms with van der Waals surface area (Å²) in [5.41, 5.74) is 11.3. The summed E-state index contributed by atoms with van der Waals surface area (Å²) in [7, 11) is 12.3. The van der Waals surface area contributed by atoms with Crippen molar-refractivity contribution >= 4 is 95.1 Å². The van der Waals surface area contributed by atoms with Crippen LogP contribution in [0.25, 0.3) is 12.2 Å². The van der Waals surface area contributed by atoms with Gasteiger partial charge in [-0.3, -0.25) is 67.5 Å². The quantitative estimate of drug-likeness (QED) is 0.0273. The topological polar surface area (TPSA) is 409 Å². The molecular weight excluding hydrogens is 1320 g/mol. The number of allylic oxidation sites excluding steroid dienone is 2. The fraction of sp³-hybridized carbons (Fsp3) is 0.465. The van der Waals surface area contributed by atoms with Crippen LogP contribution in [0.4, 0.5) is 0 Å². The van der Waals surface area contributed by atoms with Crippen molar-refractivity contribution in [3.05, 3.63) is 124 Å². The van der Waals surface area contributed by atoms with Gasteiger partial charge >= 0.3 is 59.7 Å². The van der Waals surface area contributed by atoms with Gasteiger partial charge in [0.25, 0.3) is 0 Å². The number of carbonyl (C=O) groups is 12. The largest absolute Gasteiger partial charge is 0.469 e. The molecule has 8 heterocycles. The molecule has 0 saturated carbocycles. The lowest BCUT2D eigenvalue weighted by Crippen LogP contribution is -2.30. The molecule has 540 valence electrons. The number of aromatic nitrogens is 4. The lowest BCUT2D eigenvalue weighted by Gasteiger charge is -2.14. The second-order valence-electron chi connectivity index (χ2n) is 24.0. The van der Waals surface area contributed by atoms with Crippen LogP contribution < -0.4 is 10.6 Å². The van der Waals surface area contributed by atoms with Crippen molar-refractivity contribution < 1.29 is 105 Å². The van der Waals surface area contributed by atoms with Crippen molar-refractivity contribution in [1.29, 1.82) is 0 Å². The third-order valence-corrected chi connectivity index (χ3v) is 18.3. The summed E-state index contributed by atoms with van der Waals surface area (Å²) < 4.78 is 51.4. The smallest absolute Gasteiger partial charge is 0.310 e. The van der Waals surface area contributed by atoms with E-state index in [1.165, 1.54) is 71.1 Å². The molecule has 4 aliphatic rings. The number of H-pyrrole nitrogens is 4. The van der Waals surface area contributed by atoms with Crippen LogP contribution >= 0.6 is 0 Å². The maximum absolute atomic E-state index is 13.8. The lowest BCUT2D eigenvalue weighted by atomic mass is 9.91. The van der Waals surface area contributed by atoms with Gasteiger partial charge < -0.3 is 77.9 Å². The van der Waals surface area contributed by atoms with Gasteiger partial charge in [-0.05, 0) is 117 Å². The molecule has 30 nitrogen and oxygen atoms in total. The minimum Gasteiger partial charge on any atom is -0.469 e. The molecule has 0 atom stereocenters. The molecular formula is C71H84N8O22. The van der Waals surface area contributed by atoms with Crippen LogP contribution in [-0.4, -0.2) is 174 Å². The number of hydrogen-bond donors (Lipinski definition) is 6. The number of rotatable bonds is 34. The van der Waals surface area contributed by atoms with Gasteiger partial charge in [0.15, 0.2) is 0 Å². The number of fused-ring (bicyclic) bond motifs is 2. The third-order valence-electron chi connectivity index (χ3n) is 18.3. The maximum atomic E-state index is 13.8.